The van der Waals surface area contributed by atoms with Gasteiger partial charge in [-0.3, -0.25) is 4.79 Å². The molecule has 0 aliphatic carbocycles. The van der Waals surface area contributed by atoms with E-state index >= 15 is 0 Å². The van der Waals surface area contributed by atoms with Crippen LogP contribution >= 0.6 is 0 Å². The number of hydrogen-bond donors (Lipinski definition) is 2. The topological polar surface area (TPSA) is 78.3 Å². The van der Waals surface area contributed by atoms with Crippen molar-refractivity contribution in [1.29, 1.82) is 0 Å². The number of benzene rings is 2. The number of primary amides is 1. The zero-order chi connectivity index (χ0) is 14.5. The molecule has 4 nitrogen and oxygen atoms in total. The molecule has 0 aliphatic rings. The van der Waals surface area contributed by atoms with Crippen LogP contribution in [0, 0.1) is 0 Å². The van der Waals surface area contributed by atoms with Crippen molar-refractivity contribution >= 4 is 5.91 Å². The number of rotatable bonds is 5. The van der Waals surface area contributed by atoms with Crippen molar-refractivity contribution in [2.75, 3.05) is 7.11 Å². The highest BCUT2D eigenvalue weighted by Crippen LogP contribution is 2.26. The Bertz CT molecular complexity index is 611. The lowest BCUT2D eigenvalue weighted by Gasteiger charge is -2.12. The minimum Gasteiger partial charge on any atom is -0.497 e. The van der Waals surface area contributed by atoms with E-state index in [9.17, 15) is 4.79 Å². The van der Waals surface area contributed by atoms with Crippen molar-refractivity contribution in [3.8, 4) is 16.9 Å². The summed E-state index contributed by atoms with van der Waals surface area (Å²) in [5.41, 5.74) is 14.1. The molecule has 0 spiro atoms. The highest BCUT2D eigenvalue weighted by Gasteiger charge is 2.10. The largest absolute Gasteiger partial charge is 0.497 e. The van der Waals surface area contributed by atoms with E-state index in [0.29, 0.717) is 0 Å². The molecule has 0 saturated carbocycles. The van der Waals surface area contributed by atoms with E-state index in [4.69, 9.17) is 16.2 Å². The lowest BCUT2D eigenvalue weighted by atomic mass is 9.98. The lowest BCUT2D eigenvalue weighted by Crippen LogP contribution is -2.20. The van der Waals surface area contributed by atoms with Crippen molar-refractivity contribution in [2.24, 2.45) is 11.5 Å². The Morgan fingerprint density at radius 1 is 1.15 bits per heavy atom. The average Bonchev–Trinajstić information content (AvgIpc) is 2.47. The quantitative estimate of drug-likeness (QED) is 0.874. The Morgan fingerprint density at radius 2 is 1.80 bits per heavy atom. The summed E-state index contributed by atoms with van der Waals surface area (Å²) in [5, 5.41) is 0. The van der Waals surface area contributed by atoms with Gasteiger partial charge < -0.3 is 16.2 Å². The van der Waals surface area contributed by atoms with Gasteiger partial charge in [0.15, 0.2) is 0 Å². The van der Waals surface area contributed by atoms with Crippen molar-refractivity contribution in [3.05, 3.63) is 54.1 Å². The van der Waals surface area contributed by atoms with Crippen LogP contribution in [0.2, 0.25) is 0 Å². The molecule has 4 heteroatoms. The number of nitrogens with two attached hydrogens (primary N) is 2. The van der Waals surface area contributed by atoms with Gasteiger partial charge in [-0.05, 0) is 34.9 Å². The number of ether oxygens (including phenoxy) is 1. The van der Waals surface area contributed by atoms with Crippen LogP contribution < -0.4 is 16.2 Å². The minimum atomic E-state index is -0.399. The molecule has 4 N–H and O–H groups in total. The number of carbonyl (C=O) groups is 1. The average molecular weight is 270 g/mol. The van der Waals surface area contributed by atoms with Crippen LogP contribution in [0.4, 0.5) is 0 Å². The summed E-state index contributed by atoms with van der Waals surface area (Å²) in [7, 11) is 1.64. The molecule has 1 unspecified atom stereocenters. The predicted octanol–water partition coefficient (Wildman–Crippen LogP) is 2.24. The van der Waals surface area contributed by atoms with E-state index in [1.165, 1.54) is 0 Å². The van der Waals surface area contributed by atoms with Crippen LogP contribution in [-0.2, 0) is 4.79 Å². The summed E-state index contributed by atoms with van der Waals surface area (Å²) in [6.45, 7) is 0. The maximum Gasteiger partial charge on any atom is 0.219 e. The van der Waals surface area contributed by atoms with Gasteiger partial charge >= 0.3 is 0 Å². The summed E-state index contributed by atoms with van der Waals surface area (Å²) in [5.74, 6) is 0.402. The molecule has 2 aromatic rings. The summed E-state index contributed by atoms with van der Waals surface area (Å²) in [6, 6.07) is 15.2. The van der Waals surface area contributed by atoms with Gasteiger partial charge in [0.1, 0.15) is 5.75 Å². The van der Waals surface area contributed by atoms with Crippen LogP contribution in [0.5, 0.6) is 5.75 Å². The van der Waals surface area contributed by atoms with E-state index in [0.717, 1.165) is 22.4 Å². The zero-order valence-corrected chi connectivity index (χ0v) is 11.4. The molecule has 104 valence electrons. The Labute approximate surface area is 118 Å². The molecule has 0 saturated heterocycles. The van der Waals surface area contributed by atoms with Crippen molar-refractivity contribution in [1.82, 2.24) is 0 Å². The standard InChI is InChI=1S/C16H18N2O2/c1-20-14-7-3-5-12(9-14)11-4-2-6-13(8-11)15(17)10-16(18)19/h2-9,15H,10,17H2,1H3,(H2,18,19). The second kappa shape index (κ2) is 6.21. The molecule has 0 aromatic heterocycles. The lowest BCUT2D eigenvalue weighted by molar-refractivity contribution is -0.118. The Hall–Kier alpha value is -2.33. The number of hydrogen-bond acceptors (Lipinski definition) is 3. The Balaban J connectivity index is 2.31. The normalized spacial score (nSPS) is 11.9. The third-order valence-corrected chi connectivity index (χ3v) is 3.14. The summed E-state index contributed by atoms with van der Waals surface area (Å²) in [6.07, 6.45) is 0.140. The monoisotopic (exact) mass is 270 g/mol. The highest BCUT2D eigenvalue weighted by molar-refractivity contribution is 5.75. The fourth-order valence-corrected chi connectivity index (χ4v) is 2.09. The maximum atomic E-state index is 10.9. The number of methoxy groups -OCH3 is 1. The molecule has 0 radical (unpaired) electrons. The third-order valence-electron chi connectivity index (χ3n) is 3.14. The van der Waals surface area contributed by atoms with Gasteiger partial charge in [-0.15, -0.1) is 0 Å². The molecule has 2 aromatic carbocycles. The van der Waals surface area contributed by atoms with Crippen molar-refractivity contribution in [3.63, 3.8) is 0 Å². The molecule has 0 fully saturated rings. The summed E-state index contributed by atoms with van der Waals surface area (Å²) >= 11 is 0. The molecule has 1 atom stereocenters. The second-order valence-electron chi connectivity index (χ2n) is 4.63. The Morgan fingerprint density at radius 3 is 2.45 bits per heavy atom. The smallest absolute Gasteiger partial charge is 0.219 e. The molecule has 0 bridgehead atoms. The van der Waals surface area contributed by atoms with Crippen LogP contribution in [0.25, 0.3) is 11.1 Å². The molecule has 1 amide bonds. The SMILES string of the molecule is COc1cccc(-c2cccc(C(N)CC(N)=O)c2)c1. The highest BCUT2D eigenvalue weighted by atomic mass is 16.5. The summed E-state index contributed by atoms with van der Waals surface area (Å²) < 4.78 is 5.22. The Kier molecular flexibility index (Phi) is 4.38. The van der Waals surface area contributed by atoms with Crippen LogP contribution in [-0.4, -0.2) is 13.0 Å². The number of amides is 1. The summed E-state index contributed by atoms with van der Waals surface area (Å²) in [4.78, 5) is 10.9. The first-order valence-electron chi connectivity index (χ1n) is 6.38. The van der Waals surface area contributed by atoms with Crippen LogP contribution in [0.1, 0.15) is 18.0 Å². The third kappa shape index (κ3) is 3.36. The second-order valence-corrected chi connectivity index (χ2v) is 4.63. The van der Waals surface area contributed by atoms with Gasteiger partial charge in [0.2, 0.25) is 5.91 Å². The van der Waals surface area contributed by atoms with Gasteiger partial charge in [0.25, 0.3) is 0 Å². The maximum absolute atomic E-state index is 10.9. The molecule has 0 aliphatic heterocycles. The fourth-order valence-electron chi connectivity index (χ4n) is 2.09. The van der Waals surface area contributed by atoms with E-state index in [1.807, 2.05) is 48.5 Å². The van der Waals surface area contributed by atoms with E-state index in [2.05, 4.69) is 0 Å². The van der Waals surface area contributed by atoms with Gasteiger partial charge in [-0.1, -0.05) is 30.3 Å². The molecular formula is C16H18N2O2. The van der Waals surface area contributed by atoms with Gasteiger partial charge in [0.05, 0.1) is 7.11 Å². The minimum absolute atomic E-state index is 0.140. The first kappa shape index (κ1) is 14.1. The molecule has 0 heterocycles. The molecular weight excluding hydrogens is 252 g/mol. The number of carbonyl (C=O) groups excluding carboxylic acids is 1. The molecule has 20 heavy (non-hydrogen) atoms. The van der Waals surface area contributed by atoms with Crippen LogP contribution in [0.3, 0.4) is 0 Å². The fraction of sp³-hybridized carbons (Fsp3) is 0.188. The van der Waals surface area contributed by atoms with Gasteiger partial charge in [0, 0.05) is 12.5 Å². The first-order chi connectivity index (χ1) is 9.60. The van der Waals surface area contributed by atoms with Gasteiger partial charge in [-0.25, -0.2) is 0 Å². The van der Waals surface area contributed by atoms with E-state index in [-0.39, 0.29) is 12.5 Å². The molecule has 2 rings (SSSR count). The van der Waals surface area contributed by atoms with E-state index < -0.39 is 5.91 Å². The van der Waals surface area contributed by atoms with Crippen molar-refractivity contribution in [2.45, 2.75) is 12.5 Å². The predicted molar refractivity (Wildman–Crippen MR) is 79.2 cm³/mol. The van der Waals surface area contributed by atoms with Gasteiger partial charge in [-0.2, -0.15) is 0 Å². The van der Waals surface area contributed by atoms with Crippen molar-refractivity contribution < 1.29 is 9.53 Å². The van der Waals surface area contributed by atoms with Crippen LogP contribution in [0.15, 0.2) is 48.5 Å². The zero-order valence-electron chi connectivity index (χ0n) is 11.4. The van der Waals surface area contributed by atoms with E-state index in [1.54, 1.807) is 7.11 Å². The first-order valence-corrected chi connectivity index (χ1v) is 6.38.